The first-order chi connectivity index (χ1) is 26.1. The van der Waals surface area contributed by atoms with Gasteiger partial charge in [-0.3, -0.25) is 9.59 Å². The van der Waals surface area contributed by atoms with E-state index >= 15 is 0 Å². The minimum atomic E-state index is -0.883. The molecule has 0 aliphatic heterocycles. The Bertz CT molecular complexity index is 1070. The number of allylic oxidation sites excluding steroid dienone is 10. The Balaban J connectivity index is 4.43. The largest absolute Gasteiger partial charge is 0.477 e. The fourth-order valence-corrected chi connectivity index (χ4v) is 5.89. The van der Waals surface area contributed by atoms with Gasteiger partial charge < -0.3 is 23.8 Å². The first-order valence-corrected chi connectivity index (χ1v) is 21.4. The smallest absolute Gasteiger partial charge is 0.362 e. The van der Waals surface area contributed by atoms with Crippen LogP contribution >= 0.6 is 0 Å². The van der Waals surface area contributed by atoms with Crippen molar-refractivity contribution in [2.24, 2.45) is 0 Å². The number of aliphatic carboxylic acids is 1. The van der Waals surface area contributed by atoms with Gasteiger partial charge in [-0.2, -0.15) is 0 Å². The Labute approximate surface area is 330 Å². The number of quaternary nitrogens is 1. The molecule has 0 saturated carbocycles. The number of hydrogen-bond acceptors (Lipinski definition) is 6. The van der Waals surface area contributed by atoms with Gasteiger partial charge in [-0.25, -0.2) is 4.79 Å². The normalized spacial score (nSPS) is 13.6. The van der Waals surface area contributed by atoms with E-state index in [1.807, 2.05) is 21.1 Å². The van der Waals surface area contributed by atoms with Gasteiger partial charge in [0.15, 0.2) is 12.1 Å². The zero-order valence-corrected chi connectivity index (χ0v) is 35.2. The molecule has 0 saturated heterocycles. The molecule has 2 atom stereocenters. The number of esters is 2. The second-order valence-corrected chi connectivity index (χ2v) is 15.3. The van der Waals surface area contributed by atoms with Crippen LogP contribution in [0.15, 0.2) is 60.8 Å². The monoisotopic (exact) mass is 759 g/mol. The van der Waals surface area contributed by atoms with Crippen LogP contribution in [0, 0.1) is 0 Å². The van der Waals surface area contributed by atoms with Crippen molar-refractivity contribution in [2.45, 2.75) is 174 Å². The summed E-state index contributed by atoms with van der Waals surface area (Å²) in [7, 11) is 5.50. The molecule has 310 valence electrons. The van der Waals surface area contributed by atoms with Crippen LogP contribution in [0.4, 0.5) is 0 Å². The SMILES string of the molecule is CC/C=C/C/C=C/CCCCCCCC(=O)OCC(COCCC(C(=O)O)[N+](C)(C)C)OC(=O)CCCCCCC/C=C/C=C/C=C/CCCCCCC. The predicted molar refractivity (Wildman–Crippen MR) is 224 cm³/mol. The molecule has 0 aromatic heterocycles. The van der Waals surface area contributed by atoms with Gasteiger partial charge in [-0.05, 0) is 64.2 Å². The van der Waals surface area contributed by atoms with Crippen LogP contribution in [0.3, 0.4) is 0 Å². The van der Waals surface area contributed by atoms with Crippen molar-refractivity contribution in [3.05, 3.63) is 60.8 Å². The van der Waals surface area contributed by atoms with E-state index in [0.717, 1.165) is 96.3 Å². The molecule has 8 nitrogen and oxygen atoms in total. The lowest BCUT2D eigenvalue weighted by molar-refractivity contribution is -0.887. The third-order valence-electron chi connectivity index (χ3n) is 9.21. The Kier molecular flexibility index (Phi) is 34.9. The summed E-state index contributed by atoms with van der Waals surface area (Å²) >= 11 is 0. The molecule has 0 aliphatic carbocycles. The molecule has 0 heterocycles. The van der Waals surface area contributed by atoms with Gasteiger partial charge in [0.1, 0.15) is 6.61 Å². The van der Waals surface area contributed by atoms with Gasteiger partial charge >= 0.3 is 17.9 Å². The van der Waals surface area contributed by atoms with Gasteiger partial charge in [0.05, 0.1) is 34.4 Å². The third-order valence-corrected chi connectivity index (χ3v) is 9.21. The molecular formula is C46H80NO7+. The van der Waals surface area contributed by atoms with Crippen LogP contribution in [0.25, 0.3) is 0 Å². The molecule has 0 amide bonds. The number of carboxylic acids is 1. The average molecular weight is 759 g/mol. The first-order valence-electron chi connectivity index (χ1n) is 21.4. The van der Waals surface area contributed by atoms with Crippen molar-refractivity contribution < 1.29 is 38.2 Å². The minimum absolute atomic E-state index is 0.0456. The number of rotatable bonds is 37. The maximum absolute atomic E-state index is 12.7. The highest BCUT2D eigenvalue weighted by atomic mass is 16.6. The van der Waals surface area contributed by atoms with E-state index in [0.29, 0.717) is 19.3 Å². The zero-order chi connectivity index (χ0) is 40.0. The van der Waals surface area contributed by atoms with Crippen molar-refractivity contribution in [3.63, 3.8) is 0 Å². The van der Waals surface area contributed by atoms with Gasteiger partial charge in [-0.1, -0.05) is 139 Å². The molecule has 1 N–H and O–H groups in total. The molecular weight excluding hydrogens is 679 g/mol. The van der Waals surface area contributed by atoms with Crippen LogP contribution in [0.2, 0.25) is 0 Å². The lowest BCUT2D eigenvalue weighted by atomic mass is 10.1. The van der Waals surface area contributed by atoms with Crippen LogP contribution in [-0.2, 0) is 28.6 Å². The highest BCUT2D eigenvalue weighted by molar-refractivity contribution is 5.72. The van der Waals surface area contributed by atoms with Crippen LogP contribution in [0.1, 0.15) is 162 Å². The number of carbonyl (C=O) groups excluding carboxylic acids is 2. The summed E-state index contributed by atoms with van der Waals surface area (Å²) in [4.78, 5) is 36.9. The lowest BCUT2D eigenvalue weighted by Crippen LogP contribution is -2.50. The topological polar surface area (TPSA) is 99.1 Å². The summed E-state index contributed by atoms with van der Waals surface area (Å²) < 4.78 is 17.2. The van der Waals surface area contributed by atoms with Crippen molar-refractivity contribution in [2.75, 3.05) is 41.0 Å². The van der Waals surface area contributed by atoms with E-state index in [9.17, 15) is 19.5 Å². The highest BCUT2D eigenvalue weighted by Gasteiger charge is 2.31. The van der Waals surface area contributed by atoms with Crippen molar-refractivity contribution in [3.8, 4) is 0 Å². The number of carboxylic acid groups (broad SMARTS) is 1. The molecule has 0 bridgehead atoms. The second kappa shape index (κ2) is 37.0. The maximum atomic E-state index is 12.7. The number of hydrogen-bond donors (Lipinski definition) is 1. The number of unbranched alkanes of at least 4 members (excludes halogenated alkanes) is 15. The first kappa shape index (κ1) is 51.0. The van der Waals surface area contributed by atoms with Gasteiger partial charge in [0.2, 0.25) is 0 Å². The van der Waals surface area contributed by atoms with Gasteiger partial charge in [-0.15, -0.1) is 0 Å². The van der Waals surface area contributed by atoms with E-state index in [4.69, 9.17) is 14.2 Å². The molecule has 0 rings (SSSR count). The van der Waals surface area contributed by atoms with Crippen molar-refractivity contribution in [1.29, 1.82) is 0 Å². The second-order valence-electron chi connectivity index (χ2n) is 15.3. The highest BCUT2D eigenvalue weighted by Crippen LogP contribution is 2.13. The molecule has 0 fully saturated rings. The fraction of sp³-hybridized carbons (Fsp3) is 0.717. The van der Waals surface area contributed by atoms with E-state index in [1.54, 1.807) is 0 Å². The Morgan fingerprint density at radius 2 is 1.11 bits per heavy atom. The van der Waals surface area contributed by atoms with Crippen LogP contribution in [0.5, 0.6) is 0 Å². The quantitative estimate of drug-likeness (QED) is 0.0221. The van der Waals surface area contributed by atoms with Crippen molar-refractivity contribution >= 4 is 17.9 Å². The summed E-state index contributed by atoms with van der Waals surface area (Å²) in [5, 5.41) is 9.60. The van der Waals surface area contributed by atoms with E-state index in [2.05, 4.69) is 74.6 Å². The summed E-state index contributed by atoms with van der Waals surface area (Å²) in [5.41, 5.74) is 0. The van der Waals surface area contributed by atoms with Gasteiger partial charge in [0, 0.05) is 19.3 Å². The summed E-state index contributed by atoms with van der Waals surface area (Å²) in [6, 6.07) is -0.622. The number of ether oxygens (including phenoxy) is 3. The number of likely N-dealkylation sites (N-methyl/N-ethyl adjacent to an activating group) is 1. The third kappa shape index (κ3) is 34.8. The molecule has 0 aliphatic rings. The summed E-state index contributed by atoms with van der Waals surface area (Å²) in [6.45, 7) is 4.56. The van der Waals surface area contributed by atoms with E-state index in [1.165, 1.54) is 32.1 Å². The summed E-state index contributed by atoms with van der Waals surface area (Å²) in [6.07, 6.45) is 44.0. The maximum Gasteiger partial charge on any atom is 0.362 e. The fourth-order valence-electron chi connectivity index (χ4n) is 5.89. The molecule has 0 spiro atoms. The zero-order valence-electron chi connectivity index (χ0n) is 35.2. The molecule has 8 heteroatoms. The Morgan fingerprint density at radius 1 is 0.593 bits per heavy atom. The molecule has 54 heavy (non-hydrogen) atoms. The van der Waals surface area contributed by atoms with Gasteiger partial charge in [0.25, 0.3) is 0 Å². The molecule has 0 aromatic rings. The molecule has 2 unspecified atom stereocenters. The van der Waals surface area contributed by atoms with E-state index < -0.39 is 18.1 Å². The summed E-state index contributed by atoms with van der Waals surface area (Å²) in [5.74, 6) is -1.52. The van der Waals surface area contributed by atoms with E-state index in [-0.39, 0.29) is 36.2 Å². The minimum Gasteiger partial charge on any atom is -0.477 e. The Hall–Kier alpha value is -2.97. The number of carbonyl (C=O) groups is 3. The lowest BCUT2D eigenvalue weighted by Gasteiger charge is -2.31. The predicted octanol–water partition coefficient (Wildman–Crippen LogP) is 11.4. The van der Waals surface area contributed by atoms with Crippen LogP contribution < -0.4 is 0 Å². The standard InChI is InChI=1S/C46H79NO7/c1-6-8-10-12-14-16-18-20-21-22-23-24-25-27-29-31-33-35-37-45(49)54-42(40-52-39-38-43(46(50)51)47(3,4)5)41-53-44(48)36-34-32-30-28-26-19-17-15-13-11-9-7-2/h9,11,15,17-18,20-24,42-43H,6-8,10,12-14,16,19,25-41H2,1-5H3/p+1/b11-9+,17-15+,20-18+,22-21+,24-23+. The number of nitrogens with zero attached hydrogens (tertiary/aromatic N) is 1. The Morgan fingerprint density at radius 3 is 1.67 bits per heavy atom. The molecule has 0 aromatic carbocycles. The van der Waals surface area contributed by atoms with Crippen LogP contribution in [-0.4, -0.2) is 80.6 Å². The average Bonchev–Trinajstić information content (AvgIpc) is 3.12. The molecule has 0 radical (unpaired) electrons. The van der Waals surface area contributed by atoms with Crippen molar-refractivity contribution in [1.82, 2.24) is 0 Å².